The van der Waals surface area contributed by atoms with Gasteiger partial charge in [-0.25, -0.2) is 4.79 Å². The third kappa shape index (κ3) is 3.72. The summed E-state index contributed by atoms with van der Waals surface area (Å²) in [5.41, 5.74) is 0. The predicted octanol–water partition coefficient (Wildman–Crippen LogP) is 1.29. The van der Waals surface area contributed by atoms with Gasteiger partial charge in [-0.1, -0.05) is 6.92 Å². The van der Waals surface area contributed by atoms with Gasteiger partial charge in [-0.15, -0.1) is 0 Å². The monoisotopic (exact) mass is 228 g/mol. The zero-order chi connectivity index (χ0) is 12.1. The summed E-state index contributed by atoms with van der Waals surface area (Å²) in [7, 11) is 0. The highest BCUT2D eigenvalue weighted by Gasteiger charge is 2.24. The first-order valence-corrected chi connectivity index (χ1v) is 5.80. The molecule has 0 aromatic rings. The van der Waals surface area contributed by atoms with Crippen molar-refractivity contribution in [2.45, 2.75) is 39.2 Å². The number of carbonyl (C=O) groups is 2. The Morgan fingerprint density at radius 1 is 1.44 bits per heavy atom. The van der Waals surface area contributed by atoms with E-state index in [9.17, 15) is 9.59 Å². The number of likely N-dealkylation sites (N-methyl/N-ethyl adjacent to an activating group) is 1. The van der Waals surface area contributed by atoms with Crippen molar-refractivity contribution in [2.24, 2.45) is 5.92 Å². The van der Waals surface area contributed by atoms with Gasteiger partial charge in [0.2, 0.25) is 0 Å². The molecule has 16 heavy (non-hydrogen) atoms. The van der Waals surface area contributed by atoms with Crippen LogP contribution in [0.4, 0.5) is 4.79 Å². The Morgan fingerprint density at radius 2 is 2.12 bits per heavy atom. The van der Waals surface area contributed by atoms with Crippen LogP contribution in [-0.2, 0) is 4.79 Å². The fourth-order valence-corrected chi connectivity index (χ4v) is 2.09. The Balaban J connectivity index is 2.40. The standard InChI is InChI=1S/C11H20N2O3/c1-3-13(7-10(14)15)11(16)12-9-5-4-8(2)6-9/h8-9H,3-7H2,1-2H3,(H,12,16)(H,14,15). The maximum atomic E-state index is 11.7. The van der Waals surface area contributed by atoms with Crippen molar-refractivity contribution in [1.29, 1.82) is 0 Å². The molecule has 0 aliphatic heterocycles. The van der Waals surface area contributed by atoms with E-state index in [-0.39, 0.29) is 18.6 Å². The van der Waals surface area contributed by atoms with Crippen LogP contribution in [0.5, 0.6) is 0 Å². The van der Waals surface area contributed by atoms with Gasteiger partial charge in [0.1, 0.15) is 6.54 Å². The quantitative estimate of drug-likeness (QED) is 0.761. The number of hydrogen-bond donors (Lipinski definition) is 2. The molecular weight excluding hydrogens is 208 g/mol. The molecule has 1 aliphatic rings. The van der Waals surface area contributed by atoms with Gasteiger partial charge in [0.15, 0.2) is 0 Å². The second-order valence-corrected chi connectivity index (χ2v) is 4.47. The molecule has 1 saturated carbocycles. The number of urea groups is 1. The lowest BCUT2D eigenvalue weighted by Gasteiger charge is -2.22. The van der Waals surface area contributed by atoms with Crippen molar-refractivity contribution >= 4 is 12.0 Å². The van der Waals surface area contributed by atoms with E-state index in [4.69, 9.17) is 5.11 Å². The number of nitrogens with one attached hydrogen (secondary N) is 1. The lowest BCUT2D eigenvalue weighted by atomic mass is 10.1. The van der Waals surface area contributed by atoms with Crippen molar-refractivity contribution in [3.05, 3.63) is 0 Å². The van der Waals surface area contributed by atoms with Gasteiger partial charge in [-0.3, -0.25) is 4.79 Å². The highest BCUT2D eigenvalue weighted by atomic mass is 16.4. The summed E-state index contributed by atoms with van der Waals surface area (Å²) in [6.07, 6.45) is 3.13. The Labute approximate surface area is 95.8 Å². The normalized spacial score (nSPS) is 24.1. The molecule has 0 radical (unpaired) electrons. The summed E-state index contributed by atoms with van der Waals surface area (Å²) >= 11 is 0. The molecule has 0 aromatic heterocycles. The van der Waals surface area contributed by atoms with Crippen LogP contribution in [0.25, 0.3) is 0 Å². The maximum absolute atomic E-state index is 11.7. The minimum Gasteiger partial charge on any atom is -0.480 e. The van der Waals surface area contributed by atoms with E-state index in [1.807, 2.05) is 0 Å². The average molecular weight is 228 g/mol. The smallest absolute Gasteiger partial charge is 0.323 e. The van der Waals surface area contributed by atoms with E-state index in [1.54, 1.807) is 6.92 Å². The maximum Gasteiger partial charge on any atom is 0.323 e. The molecule has 92 valence electrons. The number of carbonyl (C=O) groups excluding carboxylic acids is 1. The number of rotatable bonds is 4. The van der Waals surface area contributed by atoms with Crippen LogP contribution in [0.1, 0.15) is 33.1 Å². The molecular formula is C11H20N2O3. The molecule has 0 bridgehead atoms. The molecule has 2 atom stereocenters. The van der Waals surface area contributed by atoms with Crippen molar-refractivity contribution in [1.82, 2.24) is 10.2 Å². The summed E-state index contributed by atoms with van der Waals surface area (Å²) in [6, 6.07) is -0.0469. The number of carboxylic acid groups (broad SMARTS) is 1. The zero-order valence-corrected chi connectivity index (χ0v) is 9.90. The molecule has 0 aromatic carbocycles. The van der Waals surface area contributed by atoms with Crippen LogP contribution in [0.2, 0.25) is 0 Å². The number of hydrogen-bond acceptors (Lipinski definition) is 2. The first-order chi connectivity index (χ1) is 7.52. The highest BCUT2D eigenvalue weighted by Crippen LogP contribution is 2.24. The number of nitrogens with zero attached hydrogens (tertiary/aromatic N) is 1. The molecule has 0 spiro atoms. The average Bonchev–Trinajstić information content (AvgIpc) is 2.60. The van der Waals surface area contributed by atoms with Crippen molar-refractivity contribution in [3.8, 4) is 0 Å². The van der Waals surface area contributed by atoms with Gasteiger partial charge in [-0.05, 0) is 32.1 Å². The lowest BCUT2D eigenvalue weighted by molar-refractivity contribution is -0.137. The molecule has 1 fully saturated rings. The zero-order valence-electron chi connectivity index (χ0n) is 9.90. The molecule has 0 heterocycles. The van der Waals surface area contributed by atoms with E-state index < -0.39 is 5.97 Å². The van der Waals surface area contributed by atoms with Gasteiger partial charge >= 0.3 is 12.0 Å². The minimum absolute atomic E-state index is 0.213. The van der Waals surface area contributed by atoms with Gasteiger partial charge in [0.25, 0.3) is 0 Å². The molecule has 5 heteroatoms. The highest BCUT2D eigenvalue weighted by molar-refractivity contribution is 5.80. The summed E-state index contributed by atoms with van der Waals surface area (Å²) in [4.78, 5) is 23.6. The van der Waals surface area contributed by atoms with E-state index in [1.165, 1.54) is 4.90 Å². The van der Waals surface area contributed by atoms with E-state index in [2.05, 4.69) is 12.2 Å². The fourth-order valence-electron chi connectivity index (χ4n) is 2.09. The second kappa shape index (κ2) is 5.72. The Bertz CT molecular complexity index is 268. The Morgan fingerprint density at radius 3 is 2.56 bits per heavy atom. The van der Waals surface area contributed by atoms with Gasteiger partial charge in [0.05, 0.1) is 0 Å². The van der Waals surface area contributed by atoms with E-state index in [0.717, 1.165) is 19.3 Å². The molecule has 2 amide bonds. The molecule has 2 unspecified atom stereocenters. The summed E-state index contributed by atoms with van der Waals surface area (Å²) in [6.45, 7) is 4.13. The summed E-state index contributed by atoms with van der Waals surface area (Å²) in [5.74, 6) is -0.323. The first kappa shape index (κ1) is 12.8. The van der Waals surface area contributed by atoms with Crippen molar-refractivity contribution in [2.75, 3.05) is 13.1 Å². The third-order valence-electron chi connectivity index (χ3n) is 3.02. The number of amides is 2. The Hall–Kier alpha value is -1.26. The summed E-state index contributed by atoms with van der Waals surface area (Å²) in [5, 5.41) is 11.5. The second-order valence-electron chi connectivity index (χ2n) is 4.47. The van der Waals surface area contributed by atoms with E-state index in [0.29, 0.717) is 12.5 Å². The molecule has 1 aliphatic carbocycles. The number of carboxylic acids is 1. The van der Waals surface area contributed by atoms with Crippen LogP contribution in [0.15, 0.2) is 0 Å². The van der Waals surface area contributed by atoms with Crippen LogP contribution in [0, 0.1) is 5.92 Å². The largest absolute Gasteiger partial charge is 0.480 e. The summed E-state index contributed by atoms with van der Waals surface area (Å²) < 4.78 is 0. The van der Waals surface area contributed by atoms with Gasteiger partial charge in [-0.2, -0.15) is 0 Å². The van der Waals surface area contributed by atoms with Crippen LogP contribution < -0.4 is 5.32 Å². The molecule has 2 N–H and O–H groups in total. The Kier molecular flexibility index (Phi) is 4.58. The predicted molar refractivity (Wildman–Crippen MR) is 60.2 cm³/mol. The van der Waals surface area contributed by atoms with Crippen LogP contribution >= 0.6 is 0 Å². The lowest BCUT2D eigenvalue weighted by Crippen LogP contribution is -2.46. The third-order valence-corrected chi connectivity index (χ3v) is 3.02. The first-order valence-electron chi connectivity index (χ1n) is 5.80. The SMILES string of the molecule is CCN(CC(=O)O)C(=O)NC1CCC(C)C1. The topological polar surface area (TPSA) is 69.6 Å². The molecule has 5 nitrogen and oxygen atoms in total. The minimum atomic E-state index is -0.975. The van der Waals surface area contributed by atoms with E-state index >= 15 is 0 Å². The van der Waals surface area contributed by atoms with Crippen LogP contribution in [0.3, 0.4) is 0 Å². The van der Waals surface area contributed by atoms with Crippen molar-refractivity contribution in [3.63, 3.8) is 0 Å². The van der Waals surface area contributed by atoms with Gasteiger partial charge < -0.3 is 15.3 Å². The molecule has 1 rings (SSSR count). The van der Waals surface area contributed by atoms with Crippen molar-refractivity contribution < 1.29 is 14.7 Å². The van der Waals surface area contributed by atoms with Crippen LogP contribution in [-0.4, -0.2) is 41.1 Å². The van der Waals surface area contributed by atoms with Gasteiger partial charge in [0, 0.05) is 12.6 Å². The fraction of sp³-hybridized carbons (Fsp3) is 0.818. The number of aliphatic carboxylic acids is 1. The molecule has 0 saturated heterocycles.